The monoisotopic (exact) mass is 257 g/mol. The van der Waals surface area contributed by atoms with Crippen molar-refractivity contribution >= 4 is 11.6 Å². The number of nitrogens with zero attached hydrogens (tertiary/aromatic N) is 2. The normalized spacial score (nSPS) is 18.5. The van der Waals surface area contributed by atoms with Crippen LogP contribution in [0.1, 0.15) is 5.56 Å². The van der Waals surface area contributed by atoms with E-state index in [9.17, 15) is 4.39 Å². The third-order valence-corrected chi connectivity index (χ3v) is 3.25. The van der Waals surface area contributed by atoms with E-state index in [2.05, 4.69) is 22.4 Å². The van der Waals surface area contributed by atoms with E-state index >= 15 is 0 Å². The van der Waals surface area contributed by atoms with Crippen LogP contribution in [0.25, 0.3) is 0 Å². The molecule has 1 aromatic rings. The average molecular weight is 258 g/mol. The molecule has 1 saturated heterocycles. The van der Waals surface area contributed by atoms with Crippen LogP contribution in [0.2, 0.25) is 5.02 Å². The first kappa shape index (κ1) is 12.8. The maximum Gasteiger partial charge on any atom is 0.129 e. The molecule has 3 nitrogen and oxygen atoms in total. The third-order valence-electron chi connectivity index (χ3n) is 3.01. The summed E-state index contributed by atoms with van der Waals surface area (Å²) in [5.74, 6) is -0.251. The van der Waals surface area contributed by atoms with Crippen molar-refractivity contribution in [2.24, 2.45) is 0 Å². The summed E-state index contributed by atoms with van der Waals surface area (Å²) in [6, 6.07) is 4.79. The lowest BCUT2D eigenvalue weighted by Crippen LogP contribution is -2.50. The molecule has 0 amide bonds. The summed E-state index contributed by atoms with van der Waals surface area (Å²) in [4.78, 5) is 2.28. The highest BCUT2D eigenvalue weighted by Gasteiger charge is 2.13. The minimum Gasteiger partial charge on any atom is -0.304 e. The molecule has 1 aliphatic heterocycles. The first-order valence-electron chi connectivity index (χ1n) is 5.76. The minimum atomic E-state index is -0.251. The Balaban J connectivity index is 1.85. The fourth-order valence-corrected chi connectivity index (χ4v) is 1.99. The predicted octanol–water partition coefficient (Wildman–Crippen LogP) is 1.73. The average Bonchev–Trinajstić information content (AvgIpc) is 2.30. The maximum absolute atomic E-state index is 13.5. The summed E-state index contributed by atoms with van der Waals surface area (Å²) in [6.45, 7) is 4.51. The van der Waals surface area contributed by atoms with Gasteiger partial charge in [0, 0.05) is 43.3 Å². The standard InChI is InChI=1S/C12H17ClFN3/c1-16-4-6-17(7-5-16)15-9-10-2-3-11(13)8-12(10)14/h2-3,8,15H,4-7,9H2,1H3. The number of nitrogens with one attached hydrogen (secondary N) is 1. The molecule has 1 N–H and O–H groups in total. The van der Waals surface area contributed by atoms with Gasteiger partial charge in [0.25, 0.3) is 0 Å². The summed E-state index contributed by atoms with van der Waals surface area (Å²) in [5.41, 5.74) is 3.89. The second-order valence-electron chi connectivity index (χ2n) is 4.36. The van der Waals surface area contributed by atoms with Gasteiger partial charge in [-0.3, -0.25) is 5.43 Å². The van der Waals surface area contributed by atoms with Gasteiger partial charge in [0.2, 0.25) is 0 Å². The molecule has 0 unspecified atom stereocenters. The molecule has 1 heterocycles. The Morgan fingerprint density at radius 2 is 2.00 bits per heavy atom. The molecule has 0 radical (unpaired) electrons. The fourth-order valence-electron chi connectivity index (χ4n) is 1.83. The van der Waals surface area contributed by atoms with E-state index in [-0.39, 0.29) is 5.82 Å². The van der Waals surface area contributed by atoms with Gasteiger partial charge in [-0.25, -0.2) is 9.40 Å². The van der Waals surface area contributed by atoms with Gasteiger partial charge < -0.3 is 4.90 Å². The highest BCUT2D eigenvalue weighted by atomic mass is 35.5. The molecule has 2 rings (SSSR count). The summed E-state index contributed by atoms with van der Waals surface area (Å²) in [6.07, 6.45) is 0. The quantitative estimate of drug-likeness (QED) is 0.890. The van der Waals surface area contributed by atoms with E-state index in [1.54, 1.807) is 12.1 Å². The zero-order valence-corrected chi connectivity index (χ0v) is 10.7. The topological polar surface area (TPSA) is 18.5 Å². The molecule has 0 bridgehead atoms. The number of halogens is 2. The number of hydrogen-bond donors (Lipinski definition) is 1. The summed E-state index contributed by atoms with van der Waals surface area (Å²) < 4.78 is 13.5. The highest BCUT2D eigenvalue weighted by molar-refractivity contribution is 6.30. The number of piperazine rings is 1. The molecule has 94 valence electrons. The van der Waals surface area contributed by atoms with E-state index in [1.165, 1.54) is 6.07 Å². The van der Waals surface area contributed by atoms with E-state index in [0.29, 0.717) is 17.1 Å². The van der Waals surface area contributed by atoms with E-state index in [0.717, 1.165) is 26.2 Å². The number of rotatable bonds is 3. The molecule has 0 spiro atoms. The second kappa shape index (κ2) is 5.78. The van der Waals surface area contributed by atoms with E-state index < -0.39 is 0 Å². The lowest BCUT2D eigenvalue weighted by Gasteiger charge is -2.32. The summed E-state index contributed by atoms with van der Waals surface area (Å²) >= 11 is 5.71. The van der Waals surface area contributed by atoms with Gasteiger partial charge in [0.05, 0.1) is 0 Å². The van der Waals surface area contributed by atoms with E-state index in [1.807, 2.05) is 0 Å². The van der Waals surface area contributed by atoms with Crippen molar-refractivity contribution in [1.82, 2.24) is 15.3 Å². The predicted molar refractivity (Wildman–Crippen MR) is 67.3 cm³/mol. The zero-order valence-electron chi connectivity index (χ0n) is 9.92. The van der Waals surface area contributed by atoms with Gasteiger partial charge in [0.1, 0.15) is 5.82 Å². The molecule has 17 heavy (non-hydrogen) atoms. The number of hydrogen-bond acceptors (Lipinski definition) is 3. The number of benzene rings is 1. The van der Waals surface area contributed by atoms with Crippen LogP contribution in [0.4, 0.5) is 4.39 Å². The van der Waals surface area contributed by atoms with Crippen LogP contribution >= 0.6 is 11.6 Å². The van der Waals surface area contributed by atoms with Crippen molar-refractivity contribution in [1.29, 1.82) is 0 Å². The second-order valence-corrected chi connectivity index (χ2v) is 4.80. The van der Waals surface area contributed by atoms with E-state index in [4.69, 9.17) is 11.6 Å². The van der Waals surface area contributed by atoms with Crippen LogP contribution in [-0.4, -0.2) is 43.1 Å². The van der Waals surface area contributed by atoms with Crippen molar-refractivity contribution in [2.45, 2.75) is 6.54 Å². The molecular formula is C12H17ClFN3. The van der Waals surface area contributed by atoms with Gasteiger partial charge in [-0.1, -0.05) is 17.7 Å². The van der Waals surface area contributed by atoms with Gasteiger partial charge in [-0.05, 0) is 19.2 Å². The smallest absolute Gasteiger partial charge is 0.129 e. The Morgan fingerprint density at radius 3 is 2.65 bits per heavy atom. The Labute approximate surface area is 106 Å². The van der Waals surface area contributed by atoms with Gasteiger partial charge >= 0.3 is 0 Å². The van der Waals surface area contributed by atoms with Crippen molar-refractivity contribution in [3.8, 4) is 0 Å². The van der Waals surface area contributed by atoms with Crippen molar-refractivity contribution in [3.05, 3.63) is 34.6 Å². The minimum absolute atomic E-state index is 0.251. The Hall–Kier alpha value is -0.680. The highest BCUT2D eigenvalue weighted by Crippen LogP contribution is 2.14. The van der Waals surface area contributed by atoms with Crippen LogP contribution in [0.3, 0.4) is 0 Å². The molecule has 0 aliphatic carbocycles. The Morgan fingerprint density at radius 1 is 1.29 bits per heavy atom. The molecule has 1 aliphatic rings. The first-order chi connectivity index (χ1) is 8.15. The maximum atomic E-state index is 13.5. The fraction of sp³-hybridized carbons (Fsp3) is 0.500. The van der Waals surface area contributed by atoms with Gasteiger partial charge in [-0.15, -0.1) is 0 Å². The summed E-state index contributed by atoms with van der Waals surface area (Å²) in [5, 5.41) is 2.57. The zero-order chi connectivity index (χ0) is 12.3. The molecule has 1 aromatic carbocycles. The molecule has 0 saturated carbocycles. The van der Waals surface area contributed by atoms with Crippen LogP contribution in [-0.2, 0) is 6.54 Å². The molecule has 0 atom stereocenters. The van der Waals surface area contributed by atoms with Gasteiger partial charge in [-0.2, -0.15) is 0 Å². The molecular weight excluding hydrogens is 241 g/mol. The first-order valence-corrected chi connectivity index (χ1v) is 6.14. The van der Waals surface area contributed by atoms with Crippen molar-refractivity contribution in [2.75, 3.05) is 33.2 Å². The van der Waals surface area contributed by atoms with Crippen LogP contribution < -0.4 is 5.43 Å². The van der Waals surface area contributed by atoms with Crippen LogP contribution in [0.5, 0.6) is 0 Å². The molecule has 5 heteroatoms. The third kappa shape index (κ3) is 3.64. The summed E-state index contributed by atoms with van der Waals surface area (Å²) in [7, 11) is 2.11. The van der Waals surface area contributed by atoms with Crippen LogP contribution in [0.15, 0.2) is 18.2 Å². The lowest BCUT2D eigenvalue weighted by molar-refractivity contribution is 0.102. The number of hydrazine groups is 1. The van der Waals surface area contributed by atoms with Crippen molar-refractivity contribution < 1.29 is 4.39 Å². The van der Waals surface area contributed by atoms with Crippen molar-refractivity contribution in [3.63, 3.8) is 0 Å². The Bertz CT molecular complexity index is 378. The van der Waals surface area contributed by atoms with Crippen LogP contribution in [0, 0.1) is 5.82 Å². The largest absolute Gasteiger partial charge is 0.304 e. The lowest BCUT2D eigenvalue weighted by atomic mass is 10.2. The molecule has 0 aromatic heterocycles. The number of likely N-dealkylation sites (N-methyl/N-ethyl adjacent to an activating group) is 1. The molecule has 1 fully saturated rings. The van der Waals surface area contributed by atoms with Gasteiger partial charge in [0.15, 0.2) is 0 Å². The SMILES string of the molecule is CN1CCN(NCc2ccc(Cl)cc2F)CC1. The Kier molecular flexibility index (Phi) is 4.34.